The highest BCUT2D eigenvalue weighted by Gasteiger charge is 2.61. The van der Waals surface area contributed by atoms with Gasteiger partial charge in [-0.2, -0.15) is 0 Å². The molecule has 3 heteroatoms. The lowest BCUT2D eigenvalue weighted by atomic mass is 10.5. The van der Waals surface area contributed by atoms with E-state index in [-0.39, 0.29) is 0 Å². The van der Waals surface area contributed by atoms with E-state index < -0.39 is 16.5 Å². The van der Waals surface area contributed by atoms with Crippen molar-refractivity contribution in [3.8, 4) is 0 Å². The number of rotatable bonds is 6. The molecule has 1 heterocycles. The Balaban J connectivity index is 3.42. The van der Waals surface area contributed by atoms with Crippen molar-refractivity contribution in [2.24, 2.45) is 0 Å². The van der Waals surface area contributed by atoms with Crippen molar-refractivity contribution in [2.45, 2.75) is 89.6 Å². The Hall–Kier alpha value is 0.134. The third kappa shape index (κ3) is 2.50. The molecule has 0 aliphatic carbocycles. The van der Waals surface area contributed by atoms with Crippen LogP contribution in [0.15, 0.2) is 12.7 Å². The summed E-state index contributed by atoms with van der Waals surface area (Å²) in [5.74, 6) is 0. The largest absolute Gasteiger partial charge is 0.341 e. The minimum Gasteiger partial charge on any atom is -0.341 e. The van der Waals surface area contributed by atoms with Crippen LogP contribution in [-0.4, -0.2) is 27.2 Å². The molecule has 0 aromatic carbocycles. The van der Waals surface area contributed by atoms with E-state index in [9.17, 15) is 0 Å². The smallest absolute Gasteiger partial charge is 0.127 e. The first-order valence-corrected chi connectivity index (χ1v) is 13.2. The third-order valence-electron chi connectivity index (χ3n) is 6.24. The Labute approximate surface area is 130 Å². The molecule has 1 aliphatic rings. The Morgan fingerprint density at radius 1 is 0.800 bits per heavy atom. The molecule has 0 atom stereocenters. The van der Waals surface area contributed by atoms with Crippen LogP contribution in [0.25, 0.3) is 0 Å². The van der Waals surface area contributed by atoms with Crippen LogP contribution in [0.4, 0.5) is 0 Å². The topological polar surface area (TPSA) is 3.24 Å². The van der Waals surface area contributed by atoms with Gasteiger partial charge in [0.05, 0.1) is 0 Å². The Morgan fingerprint density at radius 2 is 1.10 bits per heavy atom. The summed E-state index contributed by atoms with van der Waals surface area (Å²) in [6.45, 7) is 25.2. The first-order chi connectivity index (χ1) is 9.17. The second kappa shape index (κ2) is 6.49. The average Bonchev–Trinajstić information content (AvgIpc) is 2.66. The van der Waals surface area contributed by atoms with Gasteiger partial charge in [-0.1, -0.05) is 61.5 Å². The second-order valence-corrected chi connectivity index (χ2v) is 19.1. The van der Waals surface area contributed by atoms with Crippen LogP contribution in [0.2, 0.25) is 34.3 Å². The molecule has 0 bridgehead atoms. The fraction of sp³-hybridized carbons (Fsp3) is 0.882. The van der Waals surface area contributed by atoms with Crippen LogP contribution in [-0.2, 0) is 0 Å². The third-order valence-corrected chi connectivity index (χ3v) is 21.7. The first-order valence-electron chi connectivity index (χ1n) is 8.56. The fourth-order valence-electron chi connectivity index (χ4n) is 5.26. The number of hydrogen-bond acceptors (Lipinski definition) is 1. The van der Waals surface area contributed by atoms with Gasteiger partial charge in [-0.25, -0.2) is 0 Å². The van der Waals surface area contributed by atoms with E-state index in [4.69, 9.17) is 0 Å². The first kappa shape index (κ1) is 18.2. The van der Waals surface area contributed by atoms with E-state index >= 15 is 0 Å². The van der Waals surface area contributed by atoms with E-state index in [2.05, 4.69) is 72.3 Å². The highest BCUT2D eigenvalue weighted by atomic mass is 28.4. The van der Waals surface area contributed by atoms with Crippen molar-refractivity contribution in [2.75, 3.05) is 6.54 Å². The molecule has 0 radical (unpaired) electrons. The van der Waals surface area contributed by atoms with Gasteiger partial charge in [0.15, 0.2) is 0 Å². The van der Waals surface area contributed by atoms with Gasteiger partial charge in [-0.3, -0.25) is 0 Å². The van der Waals surface area contributed by atoms with E-state index in [0.717, 1.165) is 28.7 Å². The average molecular weight is 312 g/mol. The van der Waals surface area contributed by atoms with Crippen molar-refractivity contribution in [1.82, 2.24) is 4.23 Å². The van der Waals surface area contributed by atoms with Crippen LogP contribution >= 0.6 is 0 Å². The quantitative estimate of drug-likeness (QED) is 0.428. The lowest BCUT2D eigenvalue weighted by molar-refractivity contribution is 0.598. The summed E-state index contributed by atoms with van der Waals surface area (Å²) in [7, 11) is -2.75. The molecule has 0 spiro atoms. The molecule has 0 aromatic heterocycles. The summed E-state index contributed by atoms with van der Waals surface area (Å²) in [5, 5.41) is 0. The van der Waals surface area contributed by atoms with Gasteiger partial charge < -0.3 is 4.23 Å². The van der Waals surface area contributed by atoms with Crippen LogP contribution in [0.3, 0.4) is 0 Å². The molecule has 1 rings (SSSR count). The zero-order valence-electron chi connectivity index (χ0n) is 15.2. The van der Waals surface area contributed by atoms with Gasteiger partial charge >= 0.3 is 0 Å². The highest BCUT2D eigenvalue weighted by molar-refractivity contribution is 6.99. The molecule has 0 N–H and O–H groups in total. The molecule has 1 aliphatic heterocycles. The Kier molecular flexibility index (Phi) is 5.90. The van der Waals surface area contributed by atoms with Crippen LogP contribution < -0.4 is 0 Å². The predicted molar refractivity (Wildman–Crippen MR) is 98.4 cm³/mol. The number of hydrogen-bond donors (Lipinski definition) is 0. The summed E-state index contributed by atoms with van der Waals surface area (Å²) >= 11 is 0. The molecule has 1 saturated heterocycles. The minimum atomic E-state index is -1.37. The Morgan fingerprint density at radius 3 is 1.30 bits per heavy atom. The normalized spacial score (nSPS) is 22.4. The zero-order valence-corrected chi connectivity index (χ0v) is 17.2. The second-order valence-electron chi connectivity index (χ2n) is 8.00. The summed E-state index contributed by atoms with van der Waals surface area (Å²) in [4.78, 5) is 0. The fourth-order valence-corrected chi connectivity index (χ4v) is 24.3. The lowest BCUT2D eigenvalue weighted by Crippen LogP contribution is -2.65. The summed E-state index contributed by atoms with van der Waals surface area (Å²) in [5.41, 5.74) is 3.42. The van der Waals surface area contributed by atoms with Gasteiger partial charge in [0, 0.05) is 6.54 Å². The zero-order chi connectivity index (χ0) is 15.7. The van der Waals surface area contributed by atoms with Crippen LogP contribution in [0.5, 0.6) is 0 Å². The maximum atomic E-state index is 4.10. The molecular formula is C17H37NSi2. The maximum Gasteiger partial charge on any atom is 0.127 e. The van der Waals surface area contributed by atoms with E-state index in [1.54, 1.807) is 0 Å². The van der Waals surface area contributed by atoms with Crippen molar-refractivity contribution in [3.05, 3.63) is 12.7 Å². The minimum absolute atomic E-state index is 0.856. The highest BCUT2D eigenvalue weighted by Crippen LogP contribution is 2.55. The van der Waals surface area contributed by atoms with Crippen LogP contribution in [0, 0.1) is 0 Å². The van der Waals surface area contributed by atoms with Crippen molar-refractivity contribution in [1.29, 1.82) is 0 Å². The standard InChI is InChI=1S/C17H37NSi2/c1-10-11-18-19(14(2)3,15(4)5)12-13-20(18,16(6)7)17(8)9/h10,14-17H,1,11-13H2,2-9H3. The monoisotopic (exact) mass is 311 g/mol. The van der Waals surface area contributed by atoms with Crippen molar-refractivity contribution in [3.63, 3.8) is 0 Å². The number of nitrogens with zero attached hydrogens (tertiary/aromatic N) is 1. The summed E-state index contributed by atoms with van der Waals surface area (Å²) in [6, 6.07) is 3.05. The summed E-state index contributed by atoms with van der Waals surface area (Å²) < 4.78 is 3.12. The molecule has 20 heavy (non-hydrogen) atoms. The van der Waals surface area contributed by atoms with Gasteiger partial charge in [0.25, 0.3) is 0 Å². The molecule has 1 nitrogen and oxygen atoms in total. The van der Waals surface area contributed by atoms with Crippen molar-refractivity contribution < 1.29 is 0 Å². The molecule has 0 unspecified atom stereocenters. The van der Waals surface area contributed by atoms with E-state index in [1.165, 1.54) is 12.1 Å². The molecule has 0 saturated carbocycles. The van der Waals surface area contributed by atoms with E-state index in [0.29, 0.717) is 0 Å². The molecule has 1 fully saturated rings. The molecule has 0 aromatic rings. The maximum absolute atomic E-state index is 4.10. The SMILES string of the molecule is C=CCN1[Si](C(C)C)(C(C)C)CC[Si]1(C(C)C)C(C)C. The molecule has 118 valence electrons. The lowest BCUT2D eigenvalue weighted by Gasteiger charge is -2.53. The van der Waals surface area contributed by atoms with Gasteiger partial charge in [0.2, 0.25) is 0 Å². The molecule has 0 amide bonds. The van der Waals surface area contributed by atoms with Gasteiger partial charge in [-0.05, 0) is 34.3 Å². The van der Waals surface area contributed by atoms with Crippen LogP contribution in [0.1, 0.15) is 55.4 Å². The Bertz CT molecular complexity index is 290. The van der Waals surface area contributed by atoms with Gasteiger partial charge in [0.1, 0.15) is 16.5 Å². The molecular weight excluding hydrogens is 274 g/mol. The van der Waals surface area contributed by atoms with Crippen molar-refractivity contribution >= 4 is 16.5 Å². The predicted octanol–water partition coefficient (Wildman–Crippen LogP) is 6.02. The van der Waals surface area contributed by atoms with E-state index in [1.807, 2.05) is 0 Å². The van der Waals surface area contributed by atoms with Gasteiger partial charge in [-0.15, -0.1) is 6.58 Å². The summed E-state index contributed by atoms with van der Waals surface area (Å²) in [6.07, 6.45) is 2.18.